The molecule has 2 radical (unpaired) electrons. The second kappa shape index (κ2) is 5.97. The molecule has 0 saturated heterocycles. The Bertz CT molecular complexity index is 891. The molecule has 1 amide bonds. The molecule has 26 heavy (non-hydrogen) atoms. The Labute approximate surface area is 154 Å². The van der Waals surface area contributed by atoms with Gasteiger partial charge in [0.05, 0.1) is 11.6 Å². The van der Waals surface area contributed by atoms with Crippen LogP contribution < -0.4 is 11.2 Å². The molecule has 2 N–H and O–H groups in total. The Morgan fingerprint density at radius 3 is 2.46 bits per heavy atom. The van der Waals surface area contributed by atoms with Crippen LogP contribution in [0.4, 0.5) is 0 Å². The van der Waals surface area contributed by atoms with Crippen molar-refractivity contribution in [2.45, 2.75) is 37.1 Å². The van der Waals surface area contributed by atoms with Gasteiger partial charge in [0.15, 0.2) is 5.96 Å². The van der Waals surface area contributed by atoms with E-state index >= 15 is 0 Å². The summed E-state index contributed by atoms with van der Waals surface area (Å²) in [5, 5.41) is 0. The molecule has 2 aliphatic rings. The molecule has 5 nitrogen and oxygen atoms in total. The van der Waals surface area contributed by atoms with E-state index in [-0.39, 0.29) is 11.9 Å². The number of hydrogen-bond donors (Lipinski definition) is 1. The highest BCUT2D eigenvalue weighted by Gasteiger charge is 2.48. The van der Waals surface area contributed by atoms with Crippen molar-refractivity contribution in [3.05, 3.63) is 59.4 Å². The molecule has 1 aliphatic heterocycles. The molecule has 2 atom stereocenters. The van der Waals surface area contributed by atoms with Crippen LogP contribution in [0, 0.1) is 0 Å². The fourth-order valence-corrected chi connectivity index (χ4v) is 3.70. The molecule has 0 unspecified atom stereocenters. The molecule has 1 aromatic heterocycles. The van der Waals surface area contributed by atoms with Gasteiger partial charge in [-0.1, -0.05) is 35.8 Å². The molecule has 1 saturated carbocycles. The van der Waals surface area contributed by atoms with Gasteiger partial charge in [-0.05, 0) is 42.9 Å². The number of nitrogens with two attached hydrogens (primary N) is 1. The zero-order chi connectivity index (χ0) is 18.5. The zero-order valence-electron chi connectivity index (χ0n) is 15.0. The maximum atomic E-state index is 13.1. The van der Waals surface area contributed by atoms with Gasteiger partial charge >= 0.3 is 0 Å². The van der Waals surface area contributed by atoms with Gasteiger partial charge in [-0.15, -0.1) is 0 Å². The van der Waals surface area contributed by atoms with E-state index in [0.29, 0.717) is 17.1 Å². The van der Waals surface area contributed by atoms with Gasteiger partial charge in [0.25, 0.3) is 0 Å². The first-order valence-electron chi connectivity index (χ1n) is 8.85. The molecule has 1 fully saturated rings. The van der Waals surface area contributed by atoms with Crippen LogP contribution in [0.5, 0.6) is 0 Å². The van der Waals surface area contributed by atoms with Crippen molar-refractivity contribution in [3.8, 4) is 0 Å². The van der Waals surface area contributed by atoms with Crippen LogP contribution in [-0.2, 0) is 10.3 Å². The van der Waals surface area contributed by atoms with Crippen molar-refractivity contribution in [1.29, 1.82) is 0 Å². The Hall–Kier alpha value is -2.63. The molecule has 1 aliphatic carbocycles. The van der Waals surface area contributed by atoms with E-state index in [2.05, 4.69) is 22.1 Å². The van der Waals surface area contributed by atoms with Crippen LogP contribution in [0.1, 0.15) is 48.4 Å². The molecule has 1 aromatic carbocycles. The fraction of sp³-hybridized carbons (Fsp3) is 0.350. The highest BCUT2D eigenvalue weighted by Crippen LogP contribution is 2.44. The van der Waals surface area contributed by atoms with E-state index in [1.807, 2.05) is 19.1 Å². The summed E-state index contributed by atoms with van der Waals surface area (Å²) in [5.41, 5.74) is 8.58. The number of aromatic nitrogens is 1. The minimum atomic E-state index is -0.913. The Balaban J connectivity index is 1.84. The number of guanidine groups is 1. The van der Waals surface area contributed by atoms with Gasteiger partial charge < -0.3 is 5.73 Å². The van der Waals surface area contributed by atoms with Gasteiger partial charge in [-0.25, -0.2) is 4.99 Å². The summed E-state index contributed by atoms with van der Waals surface area (Å²) in [7, 11) is 7.60. The van der Waals surface area contributed by atoms with Crippen molar-refractivity contribution in [1.82, 2.24) is 9.88 Å². The topological polar surface area (TPSA) is 71.6 Å². The zero-order valence-corrected chi connectivity index (χ0v) is 15.0. The number of carbonyl (C=O) groups is 1. The van der Waals surface area contributed by atoms with Gasteiger partial charge in [-0.2, -0.15) is 0 Å². The molecular weight excluding hydrogens is 323 g/mol. The molecule has 6 heteroatoms. The number of pyridine rings is 1. The monoisotopic (exact) mass is 344 g/mol. The average molecular weight is 344 g/mol. The number of carbonyl (C=O) groups excluding carboxylic acids is 1. The summed E-state index contributed by atoms with van der Waals surface area (Å²) in [6, 6.07) is 11.8. The predicted octanol–water partition coefficient (Wildman–Crippen LogP) is 1.54. The van der Waals surface area contributed by atoms with Crippen molar-refractivity contribution < 1.29 is 4.79 Å². The summed E-state index contributed by atoms with van der Waals surface area (Å²) < 4.78 is 0. The summed E-state index contributed by atoms with van der Waals surface area (Å²) in [6.07, 6.45) is 4.13. The Morgan fingerprint density at radius 1 is 1.19 bits per heavy atom. The van der Waals surface area contributed by atoms with E-state index in [9.17, 15) is 4.79 Å². The van der Waals surface area contributed by atoms with Crippen molar-refractivity contribution >= 4 is 25.2 Å². The van der Waals surface area contributed by atoms with Gasteiger partial charge in [0, 0.05) is 13.2 Å². The number of hydrogen-bond acceptors (Lipinski definition) is 4. The fourth-order valence-electron chi connectivity index (χ4n) is 3.70. The minimum Gasteiger partial charge on any atom is -0.369 e. The van der Waals surface area contributed by atoms with Gasteiger partial charge in [0.1, 0.15) is 13.4 Å². The maximum absolute atomic E-state index is 13.1. The smallest absolute Gasteiger partial charge is 0.239 e. The van der Waals surface area contributed by atoms with E-state index in [1.165, 1.54) is 23.3 Å². The van der Waals surface area contributed by atoms with Crippen molar-refractivity contribution in [2.75, 3.05) is 7.05 Å². The number of likely N-dealkylation sites (N-methyl/N-ethyl adjacent to an activating group) is 1. The second-order valence-electron chi connectivity index (χ2n) is 7.36. The standard InChI is InChI=1S/C20H21BN4O/c1-20(16-11-15(21)9-10-23-16)17(18(26)25(2)19(22)24-20)14-7-5-13(6-8-14)12-3-4-12/h5-12,17H,3-4H2,1-2H3,(H2,22,24)/t17-,20+/m0/s1. The van der Waals surface area contributed by atoms with E-state index in [4.69, 9.17) is 13.6 Å². The number of nitrogens with zero attached hydrogens (tertiary/aromatic N) is 3. The number of aliphatic imine (C=N–C) groups is 1. The third-order valence-electron chi connectivity index (χ3n) is 5.45. The first-order chi connectivity index (χ1) is 12.4. The summed E-state index contributed by atoms with van der Waals surface area (Å²) >= 11 is 0. The predicted molar refractivity (Wildman–Crippen MR) is 103 cm³/mol. The normalized spacial score (nSPS) is 25.9. The largest absolute Gasteiger partial charge is 0.369 e. The Morgan fingerprint density at radius 2 is 1.85 bits per heavy atom. The lowest BCUT2D eigenvalue weighted by molar-refractivity contribution is -0.130. The van der Waals surface area contributed by atoms with Crippen LogP contribution in [-0.4, -0.2) is 36.6 Å². The molecule has 0 spiro atoms. The molecule has 2 heterocycles. The van der Waals surface area contributed by atoms with E-state index in [1.54, 1.807) is 25.4 Å². The summed E-state index contributed by atoms with van der Waals surface area (Å²) in [6.45, 7) is 1.89. The lowest BCUT2D eigenvalue weighted by Gasteiger charge is -2.40. The lowest BCUT2D eigenvalue weighted by Crippen LogP contribution is -2.52. The lowest BCUT2D eigenvalue weighted by atomic mass is 9.75. The molecule has 4 rings (SSSR count). The van der Waals surface area contributed by atoms with E-state index < -0.39 is 11.5 Å². The minimum absolute atomic E-state index is 0.0941. The number of rotatable bonds is 3. The summed E-state index contributed by atoms with van der Waals surface area (Å²) in [5.74, 6) is 0.253. The highest BCUT2D eigenvalue weighted by atomic mass is 16.2. The third-order valence-corrected chi connectivity index (χ3v) is 5.45. The van der Waals surface area contributed by atoms with E-state index in [0.717, 1.165) is 5.56 Å². The molecular formula is C20H21BN4O. The molecule has 2 aromatic rings. The highest BCUT2D eigenvalue weighted by molar-refractivity contribution is 6.32. The second-order valence-corrected chi connectivity index (χ2v) is 7.36. The van der Waals surface area contributed by atoms with Crippen molar-refractivity contribution in [3.63, 3.8) is 0 Å². The van der Waals surface area contributed by atoms with Gasteiger partial charge in [-0.3, -0.25) is 14.7 Å². The Kier molecular flexibility index (Phi) is 3.86. The van der Waals surface area contributed by atoms with Crippen LogP contribution in [0.15, 0.2) is 47.6 Å². The molecule has 130 valence electrons. The maximum Gasteiger partial charge on any atom is 0.239 e. The van der Waals surface area contributed by atoms with Gasteiger partial charge in [0.2, 0.25) is 5.91 Å². The van der Waals surface area contributed by atoms with Crippen LogP contribution >= 0.6 is 0 Å². The first kappa shape index (κ1) is 16.8. The van der Waals surface area contributed by atoms with Crippen LogP contribution in [0.25, 0.3) is 0 Å². The molecule has 0 bridgehead atoms. The van der Waals surface area contributed by atoms with Crippen LogP contribution in [0.3, 0.4) is 0 Å². The quantitative estimate of drug-likeness (QED) is 0.859. The third kappa shape index (κ3) is 2.70. The summed E-state index contributed by atoms with van der Waals surface area (Å²) in [4.78, 5) is 23.7. The number of benzene rings is 1. The van der Waals surface area contributed by atoms with Crippen molar-refractivity contribution in [2.24, 2.45) is 10.7 Å². The van der Waals surface area contributed by atoms with Crippen LogP contribution in [0.2, 0.25) is 0 Å². The first-order valence-corrected chi connectivity index (χ1v) is 8.85. The number of amides is 1. The SMILES string of the molecule is [B]c1ccnc([C@@]2(C)N=C(N)N(C)C(=O)[C@@H]2c2ccc(C3CC3)cc2)c1. The average Bonchev–Trinajstić information content (AvgIpc) is 3.46.